The molecule has 2 atom stereocenters. The number of benzene rings is 1. The van der Waals surface area contributed by atoms with Gasteiger partial charge in [-0.1, -0.05) is 0 Å². The van der Waals surface area contributed by atoms with Crippen LogP contribution in [0.4, 0.5) is 10.1 Å². The van der Waals surface area contributed by atoms with Gasteiger partial charge in [-0.25, -0.2) is 4.39 Å². The Labute approximate surface area is 130 Å². The summed E-state index contributed by atoms with van der Waals surface area (Å²) in [4.78, 5) is 4.62. The maximum atomic E-state index is 14.5. The number of anilines is 1. The zero-order valence-electron chi connectivity index (χ0n) is 12.8. The number of likely N-dealkylation sites (tertiary alicyclic amines) is 1. The quantitative estimate of drug-likeness (QED) is 0.837. The van der Waals surface area contributed by atoms with Crippen molar-refractivity contribution in [1.82, 2.24) is 4.90 Å². The lowest BCUT2D eigenvalue weighted by molar-refractivity contribution is 0.226. The molecule has 1 aromatic carbocycles. The van der Waals surface area contributed by atoms with E-state index in [0.717, 1.165) is 30.8 Å². The molecule has 0 radical (unpaired) electrons. The summed E-state index contributed by atoms with van der Waals surface area (Å²) in [6.07, 6.45) is 5.59. The molecule has 2 saturated heterocycles. The molecule has 0 spiro atoms. The van der Waals surface area contributed by atoms with Crippen LogP contribution in [-0.4, -0.2) is 31.2 Å². The number of furan rings is 1. The maximum Gasteiger partial charge on any atom is 0.146 e. The third kappa shape index (κ3) is 2.22. The van der Waals surface area contributed by atoms with Gasteiger partial charge in [-0.05, 0) is 62.6 Å². The van der Waals surface area contributed by atoms with Crippen LogP contribution in [0, 0.1) is 11.7 Å². The Balaban J connectivity index is 1.73. The fraction of sp³-hybridized carbons (Fsp3) is 0.444. The largest absolute Gasteiger partial charge is 0.464 e. The SMILES string of the molecule is CN1CCC2CCCN(c3cc(-c4ccco4)ccc3F)C21. The Kier molecular flexibility index (Phi) is 3.41. The lowest BCUT2D eigenvalue weighted by atomic mass is 9.93. The van der Waals surface area contributed by atoms with Gasteiger partial charge in [0, 0.05) is 18.7 Å². The predicted octanol–water partition coefficient (Wildman–Crippen LogP) is 3.96. The smallest absolute Gasteiger partial charge is 0.146 e. The molecule has 116 valence electrons. The van der Waals surface area contributed by atoms with E-state index in [0.29, 0.717) is 17.8 Å². The van der Waals surface area contributed by atoms with Crippen LogP contribution in [0.25, 0.3) is 11.3 Å². The minimum absolute atomic E-state index is 0.142. The Bertz CT molecular complexity index is 653. The highest BCUT2D eigenvalue weighted by molar-refractivity contribution is 5.65. The van der Waals surface area contributed by atoms with Crippen molar-refractivity contribution in [1.29, 1.82) is 0 Å². The van der Waals surface area contributed by atoms with E-state index in [1.165, 1.54) is 12.8 Å². The van der Waals surface area contributed by atoms with E-state index in [1.54, 1.807) is 18.4 Å². The van der Waals surface area contributed by atoms with Crippen molar-refractivity contribution in [2.45, 2.75) is 25.4 Å². The van der Waals surface area contributed by atoms with Gasteiger partial charge in [0.25, 0.3) is 0 Å². The van der Waals surface area contributed by atoms with Gasteiger partial charge in [-0.15, -0.1) is 0 Å². The van der Waals surface area contributed by atoms with Gasteiger partial charge in [-0.2, -0.15) is 0 Å². The van der Waals surface area contributed by atoms with Crippen molar-refractivity contribution < 1.29 is 8.81 Å². The second-order valence-electron chi connectivity index (χ2n) is 6.42. The summed E-state index contributed by atoms with van der Waals surface area (Å²) >= 11 is 0. The monoisotopic (exact) mass is 300 g/mol. The van der Waals surface area contributed by atoms with Gasteiger partial charge in [-0.3, -0.25) is 4.90 Å². The molecule has 0 bridgehead atoms. The first kappa shape index (κ1) is 13.8. The minimum Gasteiger partial charge on any atom is -0.464 e. The molecule has 22 heavy (non-hydrogen) atoms. The molecule has 2 unspecified atom stereocenters. The second kappa shape index (κ2) is 5.43. The summed E-state index contributed by atoms with van der Waals surface area (Å²) in [5.74, 6) is 1.30. The summed E-state index contributed by atoms with van der Waals surface area (Å²) in [5, 5.41) is 0. The molecule has 0 N–H and O–H groups in total. The summed E-state index contributed by atoms with van der Waals surface area (Å²) < 4.78 is 19.9. The molecule has 0 amide bonds. The lowest BCUT2D eigenvalue weighted by Gasteiger charge is -2.42. The van der Waals surface area contributed by atoms with Gasteiger partial charge in [0.1, 0.15) is 11.6 Å². The molecule has 2 aliphatic rings. The first-order valence-electron chi connectivity index (χ1n) is 8.04. The highest BCUT2D eigenvalue weighted by Gasteiger charge is 2.39. The number of hydrogen-bond acceptors (Lipinski definition) is 3. The van der Waals surface area contributed by atoms with Gasteiger partial charge >= 0.3 is 0 Å². The summed E-state index contributed by atoms with van der Waals surface area (Å²) in [5.41, 5.74) is 1.64. The van der Waals surface area contributed by atoms with Crippen molar-refractivity contribution in [3.05, 3.63) is 42.4 Å². The highest BCUT2D eigenvalue weighted by atomic mass is 19.1. The van der Waals surface area contributed by atoms with Crippen LogP contribution in [-0.2, 0) is 0 Å². The van der Waals surface area contributed by atoms with Crippen LogP contribution >= 0.6 is 0 Å². The van der Waals surface area contributed by atoms with E-state index in [1.807, 2.05) is 18.2 Å². The van der Waals surface area contributed by atoms with Crippen LogP contribution in [0.3, 0.4) is 0 Å². The number of piperidine rings is 1. The predicted molar refractivity (Wildman–Crippen MR) is 85.2 cm³/mol. The van der Waals surface area contributed by atoms with E-state index in [-0.39, 0.29) is 5.82 Å². The third-order valence-corrected chi connectivity index (χ3v) is 5.08. The molecule has 3 heterocycles. The van der Waals surface area contributed by atoms with Gasteiger partial charge < -0.3 is 9.32 Å². The van der Waals surface area contributed by atoms with E-state index in [2.05, 4.69) is 16.8 Å². The first-order chi connectivity index (χ1) is 10.7. The molecule has 4 rings (SSSR count). The molecule has 4 heteroatoms. The van der Waals surface area contributed by atoms with Crippen molar-refractivity contribution in [2.24, 2.45) is 5.92 Å². The lowest BCUT2D eigenvalue weighted by Crippen LogP contribution is -2.50. The Morgan fingerprint density at radius 1 is 1.18 bits per heavy atom. The Morgan fingerprint density at radius 2 is 2.09 bits per heavy atom. The second-order valence-corrected chi connectivity index (χ2v) is 6.42. The number of nitrogens with zero attached hydrogens (tertiary/aromatic N) is 2. The molecule has 2 aliphatic heterocycles. The zero-order valence-corrected chi connectivity index (χ0v) is 12.8. The highest BCUT2D eigenvalue weighted by Crippen LogP contribution is 2.38. The van der Waals surface area contributed by atoms with Crippen LogP contribution < -0.4 is 4.90 Å². The van der Waals surface area contributed by atoms with Crippen molar-refractivity contribution in [3.8, 4) is 11.3 Å². The molecular weight excluding hydrogens is 279 g/mol. The average Bonchev–Trinajstić information content (AvgIpc) is 3.18. The van der Waals surface area contributed by atoms with Crippen molar-refractivity contribution in [2.75, 3.05) is 25.0 Å². The van der Waals surface area contributed by atoms with Gasteiger partial charge in [0.2, 0.25) is 0 Å². The maximum absolute atomic E-state index is 14.5. The number of halogens is 1. The van der Waals surface area contributed by atoms with Crippen LogP contribution in [0.5, 0.6) is 0 Å². The zero-order chi connectivity index (χ0) is 15.1. The van der Waals surface area contributed by atoms with E-state index in [9.17, 15) is 4.39 Å². The van der Waals surface area contributed by atoms with E-state index >= 15 is 0 Å². The molecule has 3 nitrogen and oxygen atoms in total. The van der Waals surface area contributed by atoms with E-state index in [4.69, 9.17) is 4.42 Å². The fourth-order valence-electron chi connectivity index (χ4n) is 4.04. The normalized spacial score (nSPS) is 25.5. The van der Waals surface area contributed by atoms with Gasteiger partial charge in [0.05, 0.1) is 18.1 Å². The summed E-state index contributed by atoms with van der Waals surface area (Å²) in [6, 6.07) is 9.06. The minimum atomic E-state index is -0.142. The topological polar surface area (TPSA) is 19.6 Å². The van der Waals surface area contributed by atoms with Crippen LogP contribution in [0.1, 0.15) is 19.3 Å². The molecule has 1 aromatic heterocycles. The molecule has 0 saturated carbocycles. The first-order valence-corrected chi connectivity index (χ1v) is 8.04. The number of rotatable bonds is 2. The number of hydrogen-bond donors (Lipinski definition) is 0. The fourth-order valence-corrected chi connectivity index (χ4v) is 4.04. The van der Waals surface area contributed by atoms with E-state index < -0.39 is 0 Å². The molecule has 0 aliphatic carbocycles. The van der Waals surface area contributed by atoms with Crippen molar-refractivity contribution in [3.63, 3.8) is 0 Å². The molecule has 2 aromatic rings. The van der Waals surface area contributed by atoms with Gasteiger partial charge in [0.15, 0.2) is 0 Å². The Morgan fingerprint density at radius 3 is 2.91 bits per heavy atom. The van der Waals surface area contributed by atoms with Crippen LogP contribution in [0.15, 0.2) is 41.0 Å². The summed E-state index contributed by atoms with van der Waals surface area (Å²) in [7, 11) is 2.15. The Hall–Kier alpha value is -1.81. The standard InChI is InChI=1S/C18H21FN2O/c1-20-10-8-13-4-2-9-21(18(13)20)16-12-14(6-7-15(16)19)17-5-3-11-22-17/h3,5-7,11-13,18H,2,4,8-10H2,1H3. The van der Waals surface area contributed by atoms with Crippen LogP contribution in [0.2, 0.25) is 0 Å². The average molecular weight is 300 g/mol. The molecule has 2 fully saturated rings. The summed E-state index contributed by atoms with van der Waals surface area (Å²) in [6.45, 7) is 2.02. The van der Waals surface area contributed by atoms with Crippen molar-refractivity contribution >= 4 is 5.69 Å². The number of fused-ring (bicyclic) bond motifs is 1. The third-order valence-electron chi connectivity index (χ3n) is 5.08. The molecular formula is C18H21FN2O.